The number of morpholine rings is 1. The number of benzene rings is 1. The number of likely N-dealkylation sites (N-methyl/N-ethyl adjacent to an activating group) is 1. The van der Waals surface area contributed by atoms with Crippen LogP contribution in [0.5, 0.6) is 5.75 Å². The number of aliphatic imine (C=N–C) groups is 1. The van der Waals surface area contributed by atoms with Crippen molar-refractivity contribution in [2.24, 2.45) is 4.99 Å². The maximum Gasteiger partial charge on any atom is 0.191 e. The summed E-state index contributed by atoms with van der Waals surface area (Å²) in [5.41, 5.74) is 1.26. The first-order valence-corrected chi connectivity index (χ1v) is 12.1. The molecular formula is C24H42N6O2. The number of methoxy groups -OCH3 is 1. The third-order valence-corrected chi connectivity index (χ3v) is 6.29. The highest BCUT2D eigenvalue weighted by Gasteiger charge is 2.23. The van der Waals surface area contributed by atoms with Crippen molar-refractivity contribution in [1.29, 1.82) is 0 Å². The van der Waals surface area contributed by atoms with E-state index in [1.807, 2.05) is 12.1 Å². The van der Waals surface area contributed by atoms with Crippen molar-refractivity contribution in [3.05, 3.63) is 29.8 Å². The highest BCUT2D eigenvalue weighted by Crippen LogP contribution is 2.24. The Kier molecular flexibility index (Phi) is 10.5. The summed E-state index contributed by atoms with van der Waals surface area (Å²) in [6, 6.07) is 8.61. The average Bonchev–Trinajstić information content (AvgIpc) is 3.04. The van der Waals surface area contributed by atoms with Gasteiger partial charge in [0.2, 0.25) is 0 Å². The highest BCUT2D eigenvalue weighted by molar-refractivity contribution is 5.79. The summed E-state index contributed by atoms with van der Waals surface area (Å²) in [5.74, 6) is 1.78. The zero-order valence-corrected chi connectivity index (χ0v) is 20.2. The first-order chi connectivity index (χ1) is 15.7. The molecule has 1 unspecified atom stereocenters. The van der Waals surface area contributed by atoms with E-state index in [0.717, 1.165) is 70.7 Å². The number of nitrogens with one attached hydrogen (secondary N) is 2. The summed E-state index contributed by atoms with van der Waals surface area (Å²) < 4.78 is 10.9. The van der Waals surface area contributed by atoms with Crippen LogP contribution in [0.4, 0.5) is 0 Å². The Bertz CT molecular complexity index is 678. The van der Waals surface area contributed by atoms with Crippen LogP contribution in [-0.2, 0) is 4.74 Å². The van der Waals surface area contributed by atoms with Gasteiger partial charge in [-0.1, -0.05) is 12.1 Å². The van der Waals surface area contributed by atoms with E-state index in [1.165, 1.54) is 25.1 Å². The molecule has 0 bridgehead atoms. The van der Waals surface area contributed by atoms with Crippen molar-refractivity contribution in [1.82, 2.24) is 25.3 Å². The summed E-state index contributed by atoms with van der Waals surface area (Å²) in [4.78, 5) is 12.4. The topological polar surface area (TPSA) is 64.6 Å². The molecule has 2 saturated heterocycles. The van der Waals surface area contributed by atoms with Crippen molar-refractivity contribution in [3.63, 3.8) is 0 Å². The molecule has 2 heterocycles. The van der Waals surface area contributed by atoms with Gasteiger partial charge in [-0.05, 0) is 51.2 Å². The molecule has 1 aromatic rings. The second kappa shape index (κ2) is 13.6. The molecule has 2 N–H and O–H groups in total. The molecule has 0 saturated carbocycles. The van der Waals surface area contributed by atoms with Gasteiger partial charge in [0.05, 0.1) is 32.9 Å². The van der Waals surface area contributed by atoms with Gasteiger partial charge in [-0.2, -0.15) is 0 Å². The lowest BCUT2D eigenvalue weighted by atomic mass is 10.0. The lowest BCUT2D eigenvalue weighted by Crippen LogP contribution is -2.43. The standard InChI is InChI=1S/C24H42N6O2/c1-4-25-24(26-10-13-29-12-5-11-28(2)14-15-29)27-20-23(30-16-18-32-19-17-30)21-6-8-22(31-3)9-7-21/h6-9,23H,4-5,10-20H2,1-3H3,(H2,25,26,27). The van der Waals surface area contributed by atoms with Crippen molar-refractivity contribution >= 4 is 5.96 Å². The van der Waals surface area contributed by atoms with E-state index in [0.29, 0.717) is 6.54 Å². The number of hydrogen-bond donors (Lipinski definition) is 2. The van der Waals surface area contributed by atoms with Crippen LogP contribution in [0.1, 0.15) is 24.9 Å². The lowest BCUT2D eigenvalue weighted by Gasteiger charge is -2.34. The fourth-order valence-corrected chi connectivity index (χ4v) is 4.32. The van der Waals surface area contributed by atoms with E-state index < -0.39 is 0 Å². The lowest BCUT2D eigenvalue weighted by molar-refractivity contribution is 0.0179. The van der Waals surface area contributed by atoms with Crippen LogP contribution in [0.15, 0.2) is 29.3 Å². The molecule has 0 amide bonds. The first kappa shape index (κ1) is 24.8. The maximum atomic E-state index is 5.58. The van der Waals surface area contributed by atoms with E-state index in [2.05, 4.69) is 51.4 Å². The van der Waals surface area contributed by atoms with Crippen molar-refractivity contribution < 1.29 is 9.47 Å². The molecule has 8 heteroatoms. The molecule has 0 spiro atoms. The summed E-state index contributed by atoms with van der Waals surface area (Å²) >= 11 is 0. The van der Waals surface area contributed by atoms with Crippen LogP contribution in [0.25, 0.3) is 0 Å². The van der Waals surface area contributed by atoms with E-state index in [9.17, 15) is 0 Å². The van der Waals surface area contributed by atoms with Crippen LogP contribution in [0.2, 0.25) is 0 Å². The highest BCUT2D eigenvalue weighted by atomic mass is 16.5. The number of nitrogens with zero attached hydrogens (tertiary/aromatic N) is 4. The Morgan fingerprint density at radius 1 is 1.06 bits per heavy atom. The molecule has 2 fully saturated rings. The number of guanidine groups is 1. The van der Waals surface area contributed by atoms with Gasteiger partial charge in [-0.25, -0.2) is 0 Å². The Morgan fingerprint density at radius 2 is 1.84 bits per heavy atom. The summed E-state index contributed by atoms with van der Waals surface area (Å²) in [6.07, 6.45) is 1.24. The monoisotopic (exact) mass is 446 g/mol. The predicted octanol–water partition coefficient (Wildman–Crippen LogP) is 1.26. The smallest absolute Gasteiger partial charge is 0.191 e. The maximum absolute atomic E-state index is 5.58. The molecule has 3 rings (SSSR count). The first-order valence-electron chi connectivity index (χ1n) is 12.1. The second-order valence-corrected chi connectivity index (χ2v) is 8.58. The van der Waals surface area contributed by atoms with Crippen LogP contribution in [-0.4, -0.2) is 113 Å². The summed E-state index contributed by atoms with van der Waals surface area (Å²) in [5, 5.41) is 6.96. The minimum Gasteiger partial charge on any atom is -0.497 e. The van der Waals surface area contributed by atoms with Crippen LogP contribution >= 0.6 is 0 Å². The average molecular weight is 447 g/mol. The van der Waals surface area contributed by atoms with Crippen molar-refractivity contribution in [2.45, 2.75) is 19.4 Å². The van der Waals surface area contributed by atoms with Gasteiger partial charge in [0.1, 0.15) is 5.75 Å². The second-order valence-electron chi connectivity index (χ2n) is 8.58. The van der Waals surface area contributed by atoms with E-state index in [-0.39, 0.29) is 6.04 Å². The largest absolute Gasteiger partial charge is 0.497 e. The molecule has 0 radical (unpaired) electrons. The summed E-state index contributed by atoms with van der Waals surface area (Å²) in [7, 11) is 3.92. The molecule has 180 valence electrons. The Balaban J connectivity index is 1.60. The zero-order valence-electron chi connectivity index (χ0n) is 20.2. The number of rotatable bonds is 9. The SMILES string of the molecule is CCNC(=NCC(c1ccc(OC)cc1)N1CCOCC1)NCCN1CCCN(C)CC1. The molecule has 2 aliphatic rings. The molecule has 1 aromatic carbocycles. The third-order valence-electron chi connectivity index (χ3n) is 6.29. The van der Waals surface area contributed by atoms with E-state index in [4.69, 9.17) is 14.5 Å². The van der Waals surface area contributed by atoms with Crippen molar-refractivity contribution in [2.75, 3.05) is 92.8 Å². The minimum absolute atomic E-state index is 0.224. The molecule has 1 atom stereocenters. The van der Waals surface area contributed by atoms with Crippen LogP contribution < -0.4 is 15.4 Å². The van der Waals surface area contributed by atoms with E-state index >= 15 is 0 Å². The van der Waals surface area contributed by atoms with Gasteiger partial charge in [-0.3, -0.25) is 9.89 Å². The predicted molar refractivity (Wildman–Crippen MR) is 131 cm³/mol. The Morgan fingerprint density at radius 3 is 2.56 bits per heavy atom. The Labute approximate surface area is 193 Å². The van der Waals surface area contributed by atoms with Gasteiger partial charge in [0.25, 0.3) is 0 Å². The van der Waals surface area contributed by atoms with E-state index in [1.54, 1.807) is 7.11 Å². The van der Waals surface area contributed by atoms with Crippen LogP contribution in [0, 0.1) is 0 Å². The zero-order chi connectivity index (χ0) is 22.6. The Hall–Kier alpha value is -1.87. The van der Waals surface area contributed by atoms with Crippen LogP contribution in [0.3, 0.4) is 0 Å². The number of hydrogen-bond acceptors (Lipinski definition) is 6. The quantitative estimate of drug-likeness (QED) is 0.437. The molecule has 0 aromatic heterocycles. The van der Waals surface area contributed by atoms with Gasteiger partial charge in [0, 0.05) is 45.8 Å². The molecular weight excluding hydrogens is 404 g/mol. The summed E-state index contributed by atoms with van der Waals surface area (Å²) in [6.45, 7) is 13.7. The molecule has 8 nitrogen and oxygen atoms in total. The van der Waals surface area contributed by atoms with Gasteiger partial charge < -0.3 is 29.9 Å². The fraction of sp³-hybridized carbons (Fsp3) is 0.708. The third kappa shape index (κ3) is 7.92. The normalized spacial score (nSPS) is 20.5. The number of ether oxygens (including phenoxy) is 2. The molecule has 0 aliphatic carbocycles. The molecule has 2 aliphatic heterocycles. The van der Waals surface area contributed by atoms with Crippen molar-refractivity contribution in [3.8, 4) is 5.75 Å². The minimum atomic E-state index is 0.224. The van der Waals surface area contributed by atoms with Gasteiger partial charge >= 0.3 is 0 Å². The van der Waals surface area contributed by atoms with Gasteiger partial charge in [-0.15, -0.1) is 0 Å². The fourth-order valence-electron chi connectivity index (χ4n) is 4.32. The van der Waals surface area contributed by atoms with Gasteiger partial charge in [0.15, 0.2) is 5.96 Å². The molecule has 32 heavy (non-hydrogen) atoms.